The smallest absolute Gasteiger partial charge is 0.875 e. The molecule has 13 heavy (non-hydrogen) atoms. The topological polar surface area (TPSA) is 49.4 Å². The fourth-order valence-electron chi connectivity index (χ4n) is 0.733. The van der Waals surface area contributed by atoms with Crippen molar-refractivity contribution in [3.63, 3.8) is 0 Å². The van der Waals surface area contributed by atoms with Crippen molar-refractivity contribution in [2.45, 2.75) is 20.3 Å². The number of ether oxygens (including phenoxy) is 1. The van der Waals surface area contributed by atoms with Gasteiger partial charge in [0.15, 0.2) is 0 Å². The van der Waals surface area contributed by atoms with Gasteiger partial charge in [-0.05, 0) is 13.3 Å². The van der Waals surface area contributed by atoms with Crippen LogP contribution in [0.3, 0.4) is 0 Å². The molecule has 0 fully saturated rings. The minimum Gasteiger partial charge on any atom is -0.875 e. The molecule has 0 saturated carbocycles. The molecular formula is C9H13NaO3. The summed E-state index contributed by atoms with van der Waals surface area (Å²) in [4.78, 5) is 11.0. The van der Waals surface area contributed by atoms with Gasteiger partial charge >= 0.3 is 35.5 Å². The minimum atomic E-state index is -0.537. The molecule has 0 saturated heterocycles. The molecule has 0 spiro atoms. The van der Waals surface area contributed by atoms with Gasteiger partial charge in [-0.2, -0.15) is 0 Å². The summed E-state index contributed by atoms with van der Waals surface area (Å²) in [6, 6.07) is 0. The van der Waals surface area contributed by atoms with Gasteiger partial charge in [0.25, 0.3) is 0 Å². The minimum absolute atomic E-state index is 0. The van der Waals surface area contributed by atoms with Crippen molar-refractivity contribution < 1.29 is 44.2 Å². The van der Waals surface area contributed by atoms with E-state index in [9.17, 15) is 9.90 Å². The Kier molecular flexibility index (Phi) is 9.79. The Morgan fingerprint density at radius 1 is 1.62 bits per heavy atom. The van der Waals surface area contributed by atoms with E-state index in [1.165, 1.54) is 13.0 Å². The molecule has 0 aliphatic carbocycles. The van der Waals surface area contributed by atoms with Gasteiger partial charge in [-0.3, -0.25) is 0 Å². The van der Waals surface area contributed by atoms with Crippen LogP contribution in [0, 0.1) is 0 Å². The van der Waals surface area contributed by atoms with Crippen molar-refractivity contribution in [2.24, 2.45) is 0 Å². The summed E-state index contributed by atoms with van der Waals surface area (Å²) >= 11 is 0. The monoisotopic (exact) mass is 192 g/mol. The molecule has 0 atom stereocenters. The fourth-order valence-corrected chi connectivity index (χ4v) is 0.733. The van der Waals surface area contributed by atoms with Crippen molar-refractivity contribution >= 4 is 5.97 Å². The summed E-state index contributed by atoms with van der Waals surface area (Å²) in [5, 5.41) is 10.9. The zero-order valence-electron chi connectivity index (χ0n) is 8.42. The third-order valence-corrected chi connectivity index (χ3v) is 1.30. The second-order valence-corrected chi connectivity index (χ2v) is 2.25. The summed E-state index contributed by atoms with van der Waals surface area (Å²) in [6.45, 7) is 6.77. The number of hydrogen-bond donors (Lipinski definition) is 0. The summed E-state index contributed by atoms with van der Waals surface area (Å²) in [7, 11) is 0. The summed E-state index contributed by atoms with van der Waals surface area (Å²) < 4.78 is 4.67. The first-order valence-electron chi connectivity index (χ1n) is 3.78. The molecule has 0 aromatic heterocycles. The zero-order chi connectivity index (χ0) is 9.56. The molecule has 0 N–H and O–H groups in total. The predicted molar refractivity (Wildman–Crippen MR) is 44.1 cm³/mol. The van der Waals surface area contributed by atoms with Crippen LogP contribution in [0.15, 0.2) is 24.0 Å². The number of rotatable bonds is 4. The molecule has 0 heterocycles. The Morgan fingerprint density at radius 3 is 2.46 bits per heavy atom. The first-order chi connectivity index (χ1) is 5.63. The van der Waals surface area contributed by atoms with Crippen LogP contribution in [-0.4, -0.2) is 12.6 Å². The van der Waals surface area contributed by atoms with E-state index in [0.717, 1.165) is 0 Å². The molecule has 0 radical (unpaired) electrons. The van der Waals surface area contributed by atoms with Gasteiger partial charge in [-0.25, -0.2) is 4.79 Å². The van der Waals surface area contributed by atoms with Crippen LogP contribution in [0.25, 0.3) is 0 Å². The first kappa shape index (κ1) is 15.2. The standard InChI is InChI=1S/C9H14O3.Na/c1-4-6-8(7(3)10)9(11)12-5-2;/h4,10H,1,5-6H2,2-3H3;/q;+1/p-1/b8-7-;. The van der Waals surface area contributed by atoms with Crippen LogP contribution in [0.2, 0.25) is 0 Å². The van der Waals surface area contributed by atoms with E-state index < -0.39 is 5.97 Å². The Bertz CT molecular complexity index is 205. The summed E-state index contributed by atoms with van der Waals surface area (Å²) in [6.07, 6.45) is 1.78. The van der Waals surface area contributed by atoms with Crippen molar-refractivity contribution in [3.8, 4) is 0 Å². The average Bonchev–Trinajstić information content (AvgIpc) is 1.99. The van der Waals surface area contributed by atoms with Crippen LogP contribution in [-0.2, 0) is 9.53 Å². The largest absolute Gasteiger partial charge is 1.00 e. The second kappa shape index (κ2) is 8.35. The molecule has 0 aromatic carbocycles. The van der Waals surface area contributed by atoms with E-state index in [1.54, 1.807) is 6.92 Å². The summed E-state index contributed by atoms with van der Waals surface area (Å²) in [5.74, 6) is -0.793. The third-order valence-electron chi connectivity index (χ3n) is 1.30. The van der Waals surface area contributed by atoms with Gasteiger partial charge in [0.2, 0.25) is 0 Å². The number of carbonyl (C=O) groups is 1. The van der Waals surface area contributed by atoms with Gasteiger partial charge < -0.3 is 9.84 Å². The molecule has 0 rings (SSSR count). The zero-order valence-corrected chi connectivity index (χ0v) is 10.4. The van der Waals surface area contributed by atoms with Crippen molar-refractivity contribution in [2.75, 3.05) is 6.61 Å². The Morgan fingerprint density at radius 2 is 2.15 bits per heavy atom. The fraction of sp³-hybridized carbons (Fsp3) is 0.444. The van der Waals surface area contributed by atoms with Gasteiger partial charge in [-0.1, -0.05) is 13.0 Å². The maximum absolute atomic E-state index is 11.0. The maximum atomic E-state index is 11.0. The average molecular weight is 192 g/mol. The predicted octanol–water partition coefficient (Wildman–Crippen LogP) is -2.24. The van der Waals surface area contributed by atoms with E-state index in [1.807, 2.05) is 0 Å². The molecule has 68 valence electrons. The summed E-state index contributed by atoms with van der Waals surface area (Å²) in [5.41, 5.74) is 0.159. The third kappa shape index (κ3) is 5.91. The molecular weight excluding hydrogens is 179 g/mol. The van der Waals surface area contributed by atoms with Gasteiger partial charge in [0.1, 0.15) is 0 Å². The first-order valence-corrected chi connectivity index (χ1v) is 3.78. The second-order valence-electron chi connectivity index (χ2n) is 2.25. The van der Waals surface area contributed by atoms with Gasteiger partial charge in [0, 0.05) is 5.57 Å². The normalized spacial score (nSPS) is 10.9. The van der Waals surface area contributed by atoms with Crippen molar-refractivity contribution in [3.05, 3.63) is 24.0 Å². The molecule has 0 aliphatic rings. The molecule has 0 unspecified atom stereocenters. The quantitative estimate of drug-likeness (QED) is 0.166. The SMILES string of the molecule is C=CC/C(C(=O)OCC)=C(\C)[O-].[Na+]. The Hall–Kier alpha value is -0.250. The van der Waals surface area contributed by atoms with Crippen molar-refractivity contribution in [1.29, 1.82) is 0 Å². The van der Waals surface area contributed by atoms with Crippen LogP contribution in [0.4, 0.5) is 0 Å². The molecule has 0 aliphatic heterocycles. The van der Waals surface area contributed by atoms with E-state index in [2.05, 4.69) is 11.3 Å². The number of esters is 1. The van der Waals surface area contributed by atoms with Crippen molar-refractivity contribution in [1.82, 2.24) is 0 Å². The molecule has 4 heteroatoms. The van der Waals surface area contributed by atoms with Crippen LogP contribution >= 0.6 is 0 Å². The number of hydrogen-bond acceptors (Lipinski definition) is 3. The van der Waals surface area contributed by atoms with E-state index in [-0.39, 0.29) is 53.9 Å². The van der Waals surface area contributed by atoms with E-state index in [0.29, 0.717) is 0 Å². The van der Waals surface area contributed by atoms with Crippen LogP contribution < -0.4 is 34.7 Å². The van der Waals surface area contributed by atoms with Gasteiger partial charge in [0.05, 0.1) is 6.61 Å². The maximum Gasteiger partial charge on any atom is 1.00 e. The number of allylic oxidation sites excluding steroid dienone is 2. The Balaban J connectivity index is 0. The van der Waals surface area contributed by atoms with E-state index >= 15 is 0 Å². The van der Waals surface area contributed by atoms with Crippen LogP contribution in [0.1, 0.15) is 20.3 Å². The molecule has 0 amide bonds. The Labute approximate surface area is 101 Å². The molecule has 0 bridgehead atoms. The van der Waals surface area contributed by atoms with Gasteiger partial charge in [-0.15, -0.1) is 12.3 Å². The molecule has 0 aromatic rings. The van der Waals surface area contributed by atoms with E-state index in [4.69, 9.17) is 0 Å². The van der Waals surface area contributed by atoms with Crippen LogP contribution in [0.5, 0.6) is 0 Å². The number of carbonyl (C=O) groups excluding carboxylic acids is 1. The molecule has 3 nitrogen and oxygen atoms in total.